The highest BCUT2D eigenvalue weighted by molar-refractivity contribution is 6.30. The van der Waals surface area contributed by atoms with E-state index in [9.17, 15) is 4.79 Å². The van der Waals surface area contributed by atoms with Gasteiger partial charge in [0.1, 0.15) is 0 Å². The molecule has 0 bridgehead atoms. The van der Waals surface area contributed by atoms with Crippen LogP contribution in [0.25, 0.3) is 16.5 Å². The number of rotatable bonds is 4. The molecule has 4 rings (SSSR count). The minimum atomic E-state index is -0.179. The third-order valence-electron chi connectivity index (χ3n) is 4.02. The predicted molar refractivity (Wildman–Crippen MR) is 99.3 cm³/mol. The van der Waals surface area contributed by atoms with Gasteiger partial charge in [-0.15, -0.1) is 5.10 Å². The van der Waals surface area contributed by atoms with E-state index in [1.165, 1.54) is 0 Å². The lowest BCUT2D eigenvalue weighted by molar-refractivity contribution is 0.0950. The second-order valence-corrected chi connectivity index (χ2v) is 6.16. The number of benzene rings is 3. The summed E-state index contributed by atoms with van der Waals surface area (Å²) in [4.78, 5) is 12.5. The molecule has 1 N–H and O–H groups in total. The van der Waals surface area contributed by atoms with Gasteiger partial charge in [0.05, 0.1) is 12.2 Å². The van der Waals surface area contributed by atoms with Crippen LogP contribution in [-0.2, 0) is 6.54 Å². The first-order valence-electron chi connectivity index (χ1n) is 8.01. The topological polar surface area (TPSA) is 72.7 Å². The summed E-state index contributed by atoms with van der Waals surface area (Å²) < 4.78 is 1.57. The fraction of sp³-hybridized carbons (Fsp3) is 0.0526. The van der Waals surface area contributed by atoms with Crippen molar-refractivity contribution in [1.82, 2.24) is 25.5 Å². The lowest BCUT2D eigenvalue weighted by Crippen LogP contribution is -2.24. The van der Waals surface area contributed by atoms with E-state index >= 15 is 0 Å². The van der Waals surface area contributed by atoms with Crippen molar-refractivity contribution in [2.75, 3.05) is 0 Å². The van der Waals surface area contributed by atoms with Gasteiger partial charge < -0.3 is 5.32 Å². The van der Waals surface area contributed by atoms with Crippen molar-refractivity contribution in [2.24, 2.45) is 0 Å². The number of nitrogens with one attached hydrogen (secondary N) is 1. The van der Waals surface area contributed by atoms with Crippen LogP contribution in [0, 0.1) is 0 Å². The van der Waals surface area contributed by atoms with Crippen molar-refractivity contribution in [3.8, 4) is 5.69 Å². The Balaban J connectivity index is 1.51. The zero-order valence-corrected chi connectivity index (χ0v) is 14.4. The maximum atomic E-state index is 12.5. The number of carbonyl (C=O) groups excluding carboxylic acids is 1. The number of halogens is 1. The Kier molecular flexibility index (Phi) is 4.33. The minimum absolute atomic E-state index is 0.179. The molecule has 0 aliphatic rings. The van der Waals surface area contributed by atoms with E-state index in [4.69, 9.17) is 11.6 Å². The van der Waals surface area contributed by atoms with Crippen LogP contribution in [0.1, 0.15) is 16.2 Å². The van der Waals surface area contributed by atoms with E-state index in [-0.39, 0.29) is 12.5 Å². The van der Waals surface area contributed by atoms with Crippen molar-refractivity contribution < 1.29 is 4.79 Å². The van der Waals surface area contributed by atoms with Crippen LogP contribution in [0.2, 0.25) is 5.02 Å². The van der Waals surface area contributed by atoms with Gasteiger partial charge in [-0.2, -0.15) is 4.68 Å². The molecule has 0 aliphatic carbocycles. The Morgan fingerprint density at radius 3 is 2.58 bits per heavy atom. The first kappa shape index (κ1) is 16.2. The molecule has 1 heterocycles. The largest absolute Gasteiger partial charge is 0.345 e. The zero-order valence-electron chi connectivity index (χ0n) is 13.6. The standard InChI is InChI=1S/C19H14ClN5O/c20-16-7-9-17(10-8-16)25-18(22-23-24-25)12-21-19(26)15-6-5-13-3-1-2-4-14(13)11-15/h1-11H,12H2,(H,21,26). The van der Waals surface area contributed by atoms with Gasteiger partial charge in [-0.3, -0.25) is 4.79 Å². The third kappa shape index (κ3) is 3.27. The zero-order chi connectivity index (χ0) is 17.9. The van der Waals surface area contributed by atoms with Crippen LogP contribution in [0.4, 0.5) is 0 Å². The van der Waals surface area contributed by atoms with Crippen LogP contribution >= 0.6 is 11.6 Å². The number of fused-ring (bicyclic) bond motifs is 1. The van der Waals surface area contributed by atoms with Gasteiger partial charge in [-0.25, -0.2) is 0 Å². The number of amides is 1. The van der Waals surface area contributed by atoms with Gasteiger partial charge in [-0.1, -0.05) is 41.9 Å². The van der Waals surface area contributed by atoms with Crippen LogP contribution in [0.15, 0.2) is 66.7 Å². The van der Waals surface area contributed by atoms with E-state index in [2.05, 4.69) is 20.8 Å². The van der Waals surface area contributed by atoms with E-state index in [1.807, 2.05) is 48.5 Å². The Hall–Kier alpha value is -3.25. The molecule has 4 aromatic rings. The summed E-state index contributed by atoms with van der Waals surface area (Å²) in [5.74, 6) is 0.350. The average Bonchev–Trinajstić information content (AvgIpc) is 3.15. The fourth-order valence-electron chi connectivity index (χ4n) is 2.69. The van der Waals surface area contributed by atoms with Crippen molar-refractivity contribution in [3.05, 3.63) is 83.1 Å². The summed E-state index contributed by atoms with van der Waals surface area (Å²) in [5, 5.41) is 17.2. The molecule has 0 saturated carbocycles. The quantitative estimate of drug-likeness (QED) is 0.603. The smallest absolute Gasteiger partial charge is 0.251 e. The molecule has 0 fully saturated rings. The summed E-state index contributed by atoms with van der Waals surface area (Å²) in [6.45, 7) is 0.210. The van der Waals surface area contributed by atoms with Gasteiger partial charge in [0.25, 0.3) is 5.91 Å². The fourth-order valence-corrected chi connectivity index (χ4v) is 2.82. The van der Waals surface area contributed by atoms with Gasteiger partial charge >= 0.3 is 0 Å². The Morgan fingerprint density at radius 1 is 1.00 bits per heavy atom. The molecule has 3 aromatic carbocycles. The Morgan fingerprint density at radius 2 is 1.77 bits per heavy atom. The maximum absolute atomic E-state index is 12.5. The molecule has 6 nitrogen and oxygen atoms in total. The van der Waals surface area contributed by atoms with Crippen molar-refractivity contribution in [2.45, 2.75) is 6.54 Å². The van der Waals surface area contributed by atoms with Crippen molar-refractivity contribution in [1.29, 1.82) is 0 Å². The molecule has 1 amide bonds. The number of hydrogen-bond donors (Lipinski definition) is 1. The van der Waals surface area contributed by atoms with Gasteiger partial charge in [0.15, 0.2) is 5.82 Å². The molecule has 26 heavy (non-hydrogen) atoms. The average molecular weight is 364 g/mol. The minimum Gasteiger partial charge on any atom is -0.345 e. The number of nitrogens with zero attached hydrogens (tertiary/aromatic N) is 4. The summed E-state index contributed by atoms with van der Waals surface area (Å²) in [5.41, 5.74) is 1.36. The summed E-state index contributed by atoms with van der Waals surface area (Å²) in [6.07, 6.45) is 0. The summed E-state index contributed by atoms with van der Waals surface area (Å²) in [7, 11) is 0. The molecular weight excluding hydrogens is 350 g/mol. The maximum Gasteiger partial charge on any atom is 0.251 e. The summed E-state index contributed by atoms with van der Waals surface area (Å²) >= 11 is 5.91. The number of carbonyl (C=O) groups is 1. The molecule has 0 radical (unpaired) electrons. The Bertz CT molecular complexity index is 1070. The van der Waals surface area contributed by atoms with E-state index < -0.39 is 0 Å². The SMILES string of the molecule is O=C(NCc1nnnn1-c1ccc(Cl)cc1)c1ccc2ccccc2c1. The second-order valence-electron chi connectivity index (χ2n) is 5.73. The van der Waals surface area contributed by atoms with Crippen molar-refractivity contribution >= 4 is 28.3 Å². The van der Waals surface area contributed by atoms with E-state index in [0.29, 0.717) is 16.4 Å². The summed E-state index contributed by atoms with van der Waals surface area (Å²) in [6, 6.07) is 20.7. The predicted octanol–water partition coefficient (Wildman–Crippen LogP) is 3.40. The highest BCUT2D eigenvalue weighted by atomic mass is 35.5. The highest BCUT2D eigenvalue weighted by Crippen LogP contribution is 2.16. The van der Waals surface area contributed by atoms with E-state index in [0.717, 1.165) is 16.5 Å². The molecule has 0 unspecified atom stereocenters. The first-order valence-corrected chi connectivity index (χ1v) is 8.39. The third-order valence-corrected chi connectivity index (χ3v) is 4.28. The van der Waals surface area contributed by atoms with Crippen LogP contribution in [0.5, 0.6) is 0 Å². The molecule has 7 heteroatoms. The molecule has 1 aromatic heterocycles. The van der Waals surface area contributed by atoms with Crippen LogP contribution in [-0.4, -0.2) is 26.1 Å². The van der Waals surface area contributed by atoms with Crippen molar-refractivity contribution in [3.63, 3.8) is 0 Å². The number of tetrazole rings is 1. The van der Waals surface area contributed by atoms with Crippen LogP contribution in [0.3, 0.4) is 0 Å². The molecule has 0 atom stereocenters. The van der Waals surface area contributed by atoms with Gasteiger partial charge in [0.2, 0.25) is 0 Å². The molecule has 0 saturated heterocycles. The molecular formula is C19H14ClN5O. The molecule has 128 valence electrons. The van der Waals surface area contributed by atoms with Gasteiger partial charge in [0, 0.05) is 10.6 Å². The number of aromatic nitrogens is 4. The first-order chi connectivity index (χ1) is 12.7. The monoisotopic (exact) mass is 363 g/mol. The molecule has 0 aliphatic heterocycles. The molecule has 0 spiro atoms. The van der Waals surface area contributed by atoms with Gasteiger partial charge in [-0.05, 0) is 57.6 Å². The van der Waals surface area contributed by atoms with E-state index in [1.54, 1.807) is 22.9 Å². The highest BCUT2D eigenvalue weighted by Gasteiger charge is 2.11. The second kappa shape index (κ2) is 6.93. The van der Waals surface area contributed by atoms with Crippen LogP contribution < -0.4 is 5.32 Å². The Labute approximate surface area is 154 Å². The number of hydrogen-bond acceptors (Lipinski definition) is 4. The lowest BCUT2D eigenvalue weighted by Gasteiger charge is -2.07. The normalized spacial score (nSPS) is 10.8. The lowest BCUT2D eigenvalue weighted by atomic mass is 10.1.